The van der Waals surface area contributed by atoms with E-state index < -0.39 is 21.7 Å². The third kappa shape index (κ3) is 4.63. The number of amides is 1. The van der Waals surface area contributed by atoms with Gasteiger partial charge in [0.2, 0.25) is 15.9 Å². The molecule has 1 aromatic carbocycles. The summed E-state index contributed by atoms with van der Waals surface area (Å²) in [5.41, 5.74) is 0.399. The van der Waals surface area contributed by atoms with E-state index in [9.17, 15) is 22.0 Å². The Morgan fingerprint density at radius 2 is 1.62 bits per heavy atom. The average Bonchev–Trinajstić information content (AvgIpc) is 2.62. The first-order valence-corrected chi connectivity index (χ1v) is 11.9. The van der Waals surface area contributed by atoms with Crippen molar-refractivity contribution in [3.63, 3.8) is 0 Å². The maximum atomic E-state index is 13.2. The van der Waals surface area contributed by atoms with Crippen LogP contribution in [0.2, 0.25) is 0 Å². The molecule has 5 nitrogen and oxygen atoms in total. The fourth-order valence-corrected chi connectivity index (χ4v) is 7.22. The number of carbonyl (C=O) groups is 1. The van der Waals surface area contributed by atoms with E-state index in [4.69, 9.17) is 0 Å². The predicted octanol–water partition coefficient (Wildman–Crippen LogP) is 3.36. The van der Waals surface area contributed by atoms with Crippen LogP contribution in [0.3, 0.4) is 0 Å². The molecule has 0 radical (unpaired) electrons. The zero-order valence-corrected chi connectivity index (χ0v) is 17.2. The van der Waals surface area contributed by atoms with Gasteiger partial charge in [0, 0.05) is 19.5 Å². The van der Waals surface area contributed by atoms with Crippen LogP contribution in [0.25, 0.3) is 0 Å². The molecule has 29 heavy (non-hydrogen) atoms. The van der Waals surface area contributed by atoms with Gasteiger partial charge in [0.25, 0.3) is 0 Å². The summed E-state index contributed by atoms with van der Waals surface area (Å²) in [5, 5.41) is 2.92. The van der Waals surface area contributed by atoms with Crippen LogP contribution in [0, 0.1) is 34.8 Å². The van der Waals surface area contributed by atoms with Gasteiger partial charge in [0.05, 0.1) is 4.90 Å². The van der Waals surface area contributed by atoms with Crippen molar-refractivity contribution in [3.8, 4) is 0 Å². The number of hydrogen-bond donors (Lipinski definition) is 2. The molecule has 0 aliphatic heterocycles. The molecule has 4 aliphatic rings. The van der Waals surface area contributed by atoms with Crippen LogP contribution >= 0.6 is 0 Å². The Kier molecular flexibility index (Phi) is 5.68. The van der Waals surface area contributed by atoms with E-state index in [1.807, 2.05) is 0 Å². The van der Waals surface area contributed by atoms with Crippen molar-refractivity contribution in [2.24, 2.45) is 23.2 Å². The molecule has 0 heterocycles. The second kappa shape index (κ2) is 7.95. The number of rotatable bonds is 8. The summed E-state index contributed by atoms with van der Waals surface area (Å²) >= 11 is 0. The number of carbonyl (C=O) groups excluding carboxylic acids is 1. The van der Waals surface area contributed by atoms with Crippen molar-refractivity contribution in [1.82, 2.24) is 10.0 Å². The van der Waals surface area contributed by atoms with Gasteiger partial charge in [0.1, 0.15) is 0 Å². The first-order valence-electron chi connectivity index (χ1n) is 10.5. The molecule has 4 saturated carbocycles. The van der Waals surface area contributed by atoms with Gasteiger partial charge in [0.15, 0.2) is 11.6 Å². The summed E-state index contributed by atoms with van der Waals surface area (Å²) in [6, 6.07) is 2.39. The predicted molar refractivity (Wildman–Crippen MR) is 104 cm³/mol. The van der Waals surface area contributed by atoms with E-state index in [2.05, 4.69) is 10.0 Å². The van der Waals surface area contributed by atoms with Crippen molar-refractivity contribution < 1.29 is 22.0 Å². The van der Waals surface area contributed by atoms with Crippen LogP contribution < -0.4 is 10.0 Å². The van der Waals surface area contributed by atoms with Crippen LogP contribution in [-0.4, -0.2) is 27.4 Å². The Hall–Kier alpha value is -1.54. The molecule has 5 rings (SSSR count). The summed E-state index contributed by atoms with van der Waals surface area (Å²) in [6.07, 6.45) is 9.07. The Balaban J connectivity index is 1.20. The molecule has 0 atom stereocenters. The summed E-state index contributed by atoms with van der Waals surface area (Å²) in [4.78, 5) is 11.7. The highest BCUT2D eigenvalue weighted by Gasteiger charge is 2.50. The van der Waals surface area contributed by atoms with E-state index in [-0.39, 0.29) is 23.8 Å². The molecular formula is C21H28F2N2O3S. The SMILES string of the molecule is O=C(CCNS(=O)(=O)c1ccc(F)c(F)c1)NCCC12CC3CC(CC(C3)C1)C2. The van der Waals surface area contributed by atoms with Crippen LogP contribution in [0.4, 0.5) is 8.78 Å². The summed E-state index contributed by atoms with van der Waals surface area (Å²) in [7, 11) is -3.98. The van der Waals surface area contributed by atoms with E-state index in [0.717, 1.165) is 36.3 Å². The minimum absolute atomic E-state index is 0.00375. The van der Waals surface area contributed by atoms with Gasteiger partial charge in [-0.05, 0) is 86.3 Å². The molecule has 0 unspecified atom stereocenters. The third-order valence-electron chi connectivity index (χ3n) is 6.99. The number of nitrogens with one attached hydrogen (secondary N) is 2. The number of hydrogen-bond acceptors (Lipinski definition) is 3. The first-order chi connectivity index (χ1) is 13.7. The molecule has 0 saturated heterocycles. The van der Waals surface area contributed by atoms with E-state index >= 15 is 0 Å². The van der Waals surface area contributed by atoms with Crippen LogP contribution in [-0.2, 0) is 14.8 Å². The normalized spacial score (nSPS) is 30.5. The van der Waals surface area contributed by atoms with Crippen LogP contribution in [0.5, 0.6) is 0 Å². The first kappa shape index (κ1) is 20.7. The van der Waals surface area contributed by atoms with Gasteiger partial charge in [-0.2, -0.15) is 0 Å². The Morgan fingerprint density at radius 3 is 2.21 bits per heavy atom. The quantitative estimate of drug-likeness (QED) is 0.669. The number of benzene rings is 1. The molecule has 160 valence electrons. The van der Waals surface area contributed by atoms with Gasteiger partial charge < -0.3 is 5.32 Å². The fourth-order valence-electron chi connectivity index (χ4n) is 6.18. The van der Waals surface area contributed by atoms with Crippen molar-refractivity contribution in [2.45, 2.75) is 56.3 Å². The van der Waals surface area contributed by atoms with E-state index in [1.165, 1.54) is 38.5 Å². The van der Waals surface area contributed by atoms with Crippen molar-refractivity contribution in [2.75, 3.05) is 13.1 Å². The van der Waals surface area contributed by atoms with Crippen LogP contribution in [0.1, 0.15) is 51.4 Å². The smallest absolute Gasteiger partial charge is 0.240 e. The molecule has 4 fully saturated rings. The average molecular weight is 427 g/mol. The largest absolute Gasteiger partial charge is 0.356 e. The van der Waals surface area contributed by atoms with Gasteiger partial charge in [-0.1, -0.05) is 0 Å². The maximum absolute atomic E-state index is 13.2. The molecule has 4 bridgehead atoms. The summed E-state index contributed by atoms with van der Waals surface area (Å²) < 4.78 is 52.7. The highest BCUT2D eigenvalue weighted by atomic mass is 32.2. The molecular weight excluding hydrogens is 398 g/mol. The van der Waals surface area contributed by atoms with Gasteiger partial charge in [-0.25, -0.2) is 21.9 Å². The van der Waals surface area contributed by atoms with E-state index in [1.54, 1.807) is 0 Å². The molecule has 0 aromatic heterocycles. The lowest BCUT2D eigenvalue weighted by molar-refractivity contribution is -0.121. The summed E-state index contributed by atoms with van der Waals surface area (Å²) in [5.74, 6) is 0.0910. The highest BCUT2D eigenvalue weighted by Crippen LogP contribution is 2.61. The van der Waals surface area contributed by atoms with Crippen LogP contribution in [0.15, 0.2) is 23.1 Å². The number of halogens is 2. The molecule has 2 N–H and O–H groups in total. The minimum Gasteiger partial charge on any atom is -0.356 e. The lowest BCUT2D eigenvalue weighted by atomic mass is 9.49. The Morgan fingerprint density at radius 1 is 1.00 bits per heavy atom. The van der Waals surface area contributed by atoms with Crippen molar-refractivity contribution in [1.29, 1.82) is 0 Å². The third-order valence-corrected chi connectivity index (χ3v) is 8.45. The Bertz CT molecular complexity index is 853. The molecule has 0 spiro atoms. The molecule has 1 aromatic rings. The van der Waals surface area contributed by atoms with Crippen molar-refractivity contribution in [3.05, 3.63) is 29.8 Å². The maximum Gasteiger partial charge on any atom is 0.240 e. The second-order valence-corrected chi connectivity index (χ2v) is 11.0. The molecule has 1 amide bonds. The fraction of sp³-hybridized carbons (Fsp3) is 0.667. The van der Waals surface area contributed by atoms with Gasteiger partial charge >= 0.3 is 0 Å². The second-order valence-electron chi connectivity index (χ2n) is 9.24. The van der Waals surface area contributed by atoms with E-state index in [0.29, 0.717) is 18.0 Å². The number of sulfonamides is 1. The van der Waals surface area contributed by atoms with Gasteiger partial charge in [-0.3, -0.25) is 4.79 Å². The summed E-state index contributed by atoms with van der Waals surface area (Å²) in [6.45, 7) is 0.533. The lowest BCUT2D eigenvalue weighted by Crippen LogP contribution is -2.47. The standard InChI is InChI=1S/C21H28F2N2O3S/c22-18-2-1-17(10-19(18)23)29(27,28)25-5-3-20(26)24-6-4-21-11-14-7-15(12-21)9-16(8-14)13-21/h1-2,10,14-16,25H,3-9,11-13H2,(H,24,26). The minimum atomic E-state index is -3.98. The zero-order valence-electron chi connectivity index (χ0n) is 16.4. The topological polar surface area (TPSA) is 75.3 Å². The Labute approximate surface area is 170 Å². The highest BCUT2D eigenvalue weighted by molar-refractivity contribution is 7.89. The molecule has 8 heteroatoms. The zero-order chi connectivity index (χ0) is 20.6. The molecule has 4 aliphatic carbocycles. The van der Waals surface area contributed by atoms with Crippen molar-refractivity contribution >= 4 is 15.9 Å². The monoisotopic (exact) mass is 426 g/mol. The lowest BCUT2D eigenvalue weighted by Gasteiger charge is -2.57. The van der Waals surface area contributed by atoms with Gasteiger partial charge in [-0.15, -0.1) is 0 Å².